The van der Waals surface area contributed by atoms with E-state index in [0.29, 0.717) is 18.7 Å². The molecule has 0 aromatic heterocycles. The topological polar surface area (TPSA) is 69.7 Å². The molecule has 0 radical (unpaired) electrons. The van der Waals surface area contributed by atoms with Crippen LogP contribution in [0.4, 0.5) is 0 Å². The fraction of sp³-hybridized carbons (Fsp3) is 0.650. The summed E-state index contributed by atoms with van der Waals surface area (Å²) in [5, 5.41) is 3.08. The molecule has 7 heteroatoms. The van der Waals surface area contributed by atoms with Crippen LogP contribution in [0.5, 0.6) is 0 Å². The Kier molecular flexibility index (Phi) is 6.89. The van der Waals surface area contributed by atoms with E-state index in [1.54, 1.807) is 18.2 Å². The van der Waals surface area contributed by atoms with E-state index in [1.165, 1.54) is 10.4 Å². The second kappa shape index (κ2) is 9.17. The van der Waals surface area contributed by atoms with Crippen LogP contribution in [0.2, 0.25) is 0 Å². The van der Waals surface area contributed by atoms with Crippen molar-refractivity contribution < 1.29 is 13.2 Å². The van der Waals surface area contributed by atoms with Crippen LogP contribution < -0.4 is 5.32 Å². The van der Waals surface area contributed by atoms with Gasteiger partial charge in [-0.3, -0.25) is 4.79 Å². The maximum absolute atomic E-state index is 12.8. The van der Waals surface area contributed by atoms with Gasteiger partial charge in [-0.15, -0.1) is 0 Å². The van der Waals surface area contributed by atoms with Crippen LogP contribution >= 0.6 is 0 Å². The third-order valence-electron chi connectivity index (χ3n) is 5.51. The van der Waals surface area contributed by atoms with Gasteiger partial charge in [0.1, 0.15) is 0 Å². The number of nitrogens with zero attached hydrogens (tertiary/aromatic N) is 2. The molecule has 0 saturated carbocycles. The average molecular weight is 394 g/mol. The summed E-state index contributed by atoms with van der Waals surface area (Å²) in [6.07, 6.45) is 5.90. The molecular weight excluding hydrogens is 362 g/mol. The minimum atomic E-state index is -3.52. The standard InChI is InChI=1S/C20H31N3O3S/c1-2-11-22-14-9-18(10-15-22)21-20(24)17-7-6-8-19(16-17)27(25,26)23-12-4-3-5-13-23/h6-8,16,18H,2-5,9-15H2,1H3,(H,21,24). The molecule has 2 aliphatic heterocycles. The predicted molar refractivity (Wildman–Crippen MR) is 106 cm³/mol. The van der Waals surface area contributed by atoms with Crippen molar-refractivity contribution in [3.8, 4) is 0 Å². The first-order chi connectivity index (χ1) is 13.0. The van der Waals surface area contributed by atoms with Gasteiger partial charge in [-0.25, -0.2) is 8.42 Å². The summed E-state index contributed by atoms with van der Waals surface area (Å²) in [5.74, 6) is -0.181. The highest BCUT2D eigenvalue weighted by atomic mass is 32.2. The monoisotopic (exact) mass is 393 g/mol. The van der Waals surface area contributed by atoms with Crippen LogP contribution in [-0.2, 0) is 10.0 Å². The maximum atomic E-state index is 12.8. The van der Waals surface area contributed by atoms with Crippen molar-refractivity contribution in [3.63, 3.8) is 0 Å². The number of nitrogens with one attached hydrogen (secondary N) is 1. The molecule has 2 fully saturated rings. The molecule has 1 aromatic carbocycles. The molecule has 6 nitrogen and oxygen atoms in total. The van der Waals surface area contributed by atoms with Crippen LogP contribution in [0.3, 0.4) is 0 Å². The summed E-state index contributed by atoms with van der Waals surface area (Å²) < 4.78 is 27.2. The van der Waals surface area contributed by atoms with E-state index in [4.69, 9.17) is 0 Å². The van der Waals surface area contributed by atoms with Crippen molar-refractivity contribution >= 4 is 15.9 Å². The molecule has 2 saturated heterocycles. The molecule has 27 heavy (non-hydrogen) atoms. The summed E-state index contributed by atoms with van der Waals surface area (Å²) in [4.78, 5) is 15.3. The zero-order chi connectivity index (χ0) is 19.3. The molecule has 1 aromatic rings. The molecule has 0 bridgehead atoms. The van der Waals surface area contributed by atoms with Crippen molar-refractivity contribution in [3.05, 3.63) is 29.8 Å². The molecule has 3 rings (SSSR count). The highest BCUT2D eigenvalue weighted by Crippen LogP contribution is 2.21. The zero-order valence-electron chi connectivity index (χ0n) is 16.2. The van der Waals surface area contributed by atoms with E-state index in [1.807, 2.05) is 0 Å². The largest absolute Gasteiger partial charge is 0.349 e. The van der Waals surface area contributed by atoms with Gasteiger partial charge in [-0.1, -0.05) is 19.4 Å². The second-order valence-corrected chi connectivity index (χ2v) is 9.52. The summed E-state index contributed by atoms with van der Waals surface area (Å²) in [7, 11) is -3.52. The van der Waals surface area contributed by atoms with Gasteiger partial charge in [0.05, 0.1) is 4.90 Å². The zero-order valence-corrected chi connectivity index (χ0v) is 17.0. The number of amides is 1. The van der Waals surface area contributed by atoms with Crippen molar-refractivity contribution in [1.29, 1.82) is 0 Å². The lowest BCUT2D eigenvalue weighted by atomic mass is 10.0. The third kappa shape index (κ3) is 5.09. The maximum Gasteiger partial charge on any atom is 0.251 e. The van der Waals surface area contributed by atoms with Crippen LogP contribution in [0.15, 0.2) is 29.2 Å². The fourth-order valence-corrected chi connectivity index (χ4v) is 5.50. The van der Waals surface area contributed by atoms with E-state index in [0.717, 1.165) is 58.2 Å². The first-order valence-corrected chi connectivity index (χ1v) is 11.6. The van der Waals surface area contributed by atoms with E-state index >= 15 is 0 Å². The fourth-order valence-electron chi connectivity index (χ4n) is 3.94. The Morgan fingerprint density at radius 2 is 1.81 bits per heavy atom. The lowest BCUT2D eigenvalue weighted by Crippen LogP contribution is -2.44. The molecule has 0 unspecified atom stereocenters. The van der Waals surface area contributed by atoms with Gasteiger partial charge in [0, 0.05) is 37.8 Å². The molecule has 150 valence electrons. The number of carbonyl (C=O) groups is 1. The predicted octanol–water partition coefficient (Wildman–Crippen LogP) is 2.47. The molecular formula is C20H31N3O3S. The highest BCUT2D eigenvalue weighted by molar-refractivity contribution is 7.89. The molecule has 2 aliphatic rings. The smallest absolute Gasteiger partial charge is 0.251 e. The van der Waals surface area contributed by atoms with E-state index in [2.05, 4.69) is 17.1 Å². The van der Waals surface area contributed by atoms with Crippen molar-refractivity contribution in [2.24, 2.45) is 0 Å². The normalized spacial score (nSPS) is 20.5. The minimum Gasteiger partial charge on any atom is -0.349 e. The van der Waals surface area contributed by atoms with Crippen LogP contribution in [0, 0.1) is 0 Å². The number of hydrogen-bond acceptors (Lipinski definition) is 4. The van der Waals surface area contributed by atoms with Gasteiger partial charge in [-0.05, 0) is 56.8 Å². The highest BCUT2D eigenvalue weighted by Gasteiger charge is 2.27. The van der Waals surface area contributed by atoms with Crippen LogP contribution in [0.25, 0.3) is 0 Å². The van der Waals surface area contributed by atoms with E-state index in [-0.39, 0.29) is 16.8 Å². The Morgan fingerprint density at radius 3 is 2.48 bits per heavy atom. The number of benzene rings is 1. The van der Waals surface area contributed by atoms with Crippen LogP contribution in [0.1, 0.15) is 55.8 Å². The van der Waals surface area contributed by atoms with Gasteiger partial charge >= 0.3 is 0 Å². The van der Waals surface area contributed by atoms with Crippen molar-refractivity contribution in [2.45, 2.75) is 56.4 Å². The molecule has 1 N–H and O–H groups in total. The van der Waals surface area contributed by atoms with Gasteiger partial charge in [0.15, 0.2) is 0 Å². The molecule has 0 atom stereocenters. The second-order valence-electron chi connectivity index (χ2n) is 7.58. The molecule has 2 heterocycles. The summed E-state index contributed by atoms with van der Waals surface area (Å²) in [6.45, 7) is 6.42. The van der Waals surface area contributed by atoms with Crippen molar-refractivity contribution in [1.82, 2.24) is 14.5 Å². The number of hydrogen-bond donors (Lipinski definition) is 1. The lowest BCUT2D eigenvalue weighted by molar-refractivity contribution is 0.0911. The van der Waals surface area contributed by atoms with Gasteiger partial charge in [-0.2, -0.15) is 4.31 Å². The summed E-state index contributed by atoms with van der Waals surface area (Å²) in [5.41, 5.74) is 0.420. The van der Waals surface area contributed by atoms with Crippen LogP contribution in [-0.4, -0.2) is 62.3 Å². The van der Waals surface area contributed by atoms with Gasteiger partial charge < -0.3 is 10.2 Å². The quantitative estimate of drug-likeness (QED) is 0.806. The van der Waals surface area contributed by atoms with Crippen molar-refractivity contribution in [2.75, 3.05) is 32.7 Å². The van der Waals surface area contributed by atoms with E-state index in [9.17, 15) is 13.2 Å². The Labute approximate surface area is 163 Å². The Bertz CT molecular complexity index is 737. The van der Waals surface area contributed by atoms with Gasteiger partial charge in [0.2, 0.25) is 10.0 Å². The summed E-state index contributed by atoms with van der Waals surface area (Å²) in [6, 6.07) is 6.62. The average Bonchev–Trinajstić information content (AvgIpc) is 2.70. The number of likely N-dealkylation sites (tertiary alicyclic amines) is 1. The van der Waals surface area contributed by atoms with Gasteiger partial charge in [0.25, 0.3) is 5.91 Å². The molecule has 1 amide bonds. The summed E-state index contributed by atoms with van der Waals surface area (Å²) >= 11 is 0. The Morgan fingerprint density at radius 1 is 1.11 bits per heavy atom. The first-order valence-electron chi connectivity index (χ1n) is 10.1. The first kappa shape index (κ1) is 20.3. The SMILES string of the molecule is CCCN1CCC(NC(=O)c2cccc(S(=O)(=O)N3CCCCC3)c2)CC1. The number of piperidine rings is 2. The number of rotatable bonds is 6. The Balaban J connectivity index is 1.64. The minimum absolute atomic E-state index is 0.160. The number of carbonyl (C=O) groups excluding carboxylic acids is 1. The number of sulfonamides is 1. The lowest BCUT2D eigenvalue weighted by Gasteiger charge is -2.32. The molecule has 0 aliphatic carbocycles. The van der Waals surface area contributed by atoms with E-state index < -0.39 is 10.0 Å². The third-order valence-corrected chi connectivity index (χ3v) is 7.41. The molecule has 0 spiro atoms. The Hall–Kier alpha value is -1.44.